The van der Waals surface area contributed by atoms with Gasteiger partial charge in [-0.1, -0.05) is 13.0 Å². The van der Waals surface area contributed by atoms with Crippen molar-refractivity contribution >= 4 is 40.3 Å². The summed E-state index contributed by atoms with van der Waals surface area (Å²) in [5.41, 5.74) is -0.181. The van der Waals surface area contributed by atoms with E-state index in [1.165, 1.54) is 0 Å². The van der Waals surface area contributed by atoms with Crippen LogP contribution in [0.4, 0.5) is 10.5 Å². The van der Waals surface area contributed by atoms with E-state index in [2.05, 4.69) is 5.32 Å². The number of rotatable bonds is 3. The van der Waals surface area contributed by atoms with Crippen LogP contribution in [0, 0.1) is 3.57 Å². The monoisotopic (exact) mass is 391 g/mol. The fraction of sp³-hybridized carbons (Fsp3) is 0.429. The smallest absolute Gasteiger partial charge is 0.412 e. The summed E-state index contributed by atoms with van der Waals surface area (Å²) < 4.78 is 11.1. The lowest BCUT2D eigenvalue weighted by Crippen LogP contribution is -2.27. The number of amides is 1. The van der Waals surface area contributed by atoms with Crippen LogP contribution in [0.2, 0.25) is 0 Å². The number of ether oxygens (including phenoxy) is 2. The van der Waals surface area contributed by atoms with E-state index in [0.29, 0.717) is 11.4 Å². The predicted octanol–water partition coefficient (Wildman–Crippen LogP) is 3.95. The molecule has 1 aromatic carbocycles. The van der Waals surface area contributed by atoms with E-state index < -0.39 is 11.7 Å². The maximum Gasteiger partial charge on any atom is 0.412 e. The first-order chi connectivity index (χ1) is 9.23. The van der Waals surface area contributed by atoms with Gasteiger partial charge in [0, 0.05) is 6.42 Å². The minimum absolute atomic E-state index is 0.261. The van der Waals surface area contributed by atoms with Crippen molar-refractivity contribution in [3.63, 3.8) is 0 Å². The molecular formula is C14H18INO4. The van der Waals surface area contributed by atoms with E-state index in [4.69, 9.17) is 9.47 Å². The summed E-state index contributed by atoms with van der Waals surface area (Å²) in [6.45, 7) is 7.04. The van der Waals surface area contributed by atoms with Gasteiger partial charge in [-0.05, 0) is 55.5 Å². The third kappa shape index (κ3) is 5.36. The molecule has 0 saturated carbocycles. The van der Waals surface area contributed by atoms with Crippen LogP contribution in [0.15, 0.2) is 18.2 Å². The van der Waals surface area contributed by atoms with Crippen molar-refractivity contribution in [2.45, 2.75) is 39.7 Å². The second kappa shape index (κ2) is 6.92. The molecule has 0 aromatic heterocycles. The average Bonchev–Trinajstić information content (AvgIpc) is 2.30. The molecule has 1 amide bonds. The lowest BCUT2D eigenvalue weighted by Gasteiger charge is -2.20. The Morgan fingerprint density at radius 2 is 1.95 bits per heavy atom. The van der Waals surface area contributed by atoms with E-state index in [0.717, 1.165) is 3.57 Å². The van der Waals surface area contributed by atoms with E-state index in [9.17, 15) is 9.59 Å². The molecule has 0 unspecified atom stereocenters. The van der Waals surface area contributed by atoms with Crippen molar-refractivity contribution in [1.82, 2.24) is 0 Å². The number of nitrogens with one attached hydrogen (secondary N) is 1. The molecule has 1 rings (SSSR count). The van der Waals surface area contributed by atoms with Gasteiger partial charge >= 0.3 is 12.1 Å². The Kier molecular flexibility index (Phi) is 5.79. The summed E-state index contributed by atoms with van der Waals surface area (Å²) in [6.07, 6.45) is -0.329. The zero-order valence-corrected chi connectivity index (χ0v) is 14.1. The molecule has 110 valence electrons. The highest BCUT2D eigenvalue weighted by molar-refractivity contribution is 14.1. The SMILES string of the molecule is CCC(=O)Oc1c(I)cccc1NC(=O)OC(C)(C)C. The number of esters is 1. The number of halogens is 1. The van der Waals surface area contributed by atoms with Crippen LogP contribution in [0.1, 0.15) is 34.1 Å². The normalized spacial score (nSPS) is 10.8. The summed E-state index contributed by atoms with van der Waals surface area (Å²) in [7, 11) is 0. The summed E-state index contributed by atoms with van der Waals surface area (Å²) >= 11 is 2.04. The Labute approximate surface area is 132 Å². The van der Waals surface area contributed by atoms with Gasteiger partial charge in [0.15, 0.2) is 5.75 Å². The quantitative estimate of drug-likeness (QED) is 0.482. The van der Waals surface area contributed by atoms with E-state index in [1.807, 2.05) is 22.6 Å². The van der Waals surface area contributed by atoms with Crippen LogP contribution in [-0.2, 0) is 9.53 Å². The first-order valence-corrected chi connectivity index (χ1v) is 7.30. The zero-order chi connectivity index (χ0) is 15.3. The maximum atomic E-state index is 11.8. The average molecular weight is 391 g/mol. The van der Waals surface area contributed by atoms with Crippen molar-refractivity contribution in [2.75, 3.05) is 5.32 Å². The molecule has 0 bridgehead atoms. The molecule has 5 nitrogen and oxygen atoms in total. The molecule has 6 heteroatoms. The van der Waals surface area contributed by atoms with Crippen LogP contribution in [0.3, 0.4) is 0 Å². The number of anilines is 1. The molecule has 0 aliphatic heterocycles. The number of benzene rings is 1. The topological polar surface area (TPSA) is 64.6 Å². The summed E-state index contributed by atoms with van der Waals surface area (Å²) in [5.74, 6) is -0.0211. The van der Waals surface area contributed by atoms with Crippen LogP contribution in [-0.4, -0.2) is 17.7 Å². The lowest BCUT2D eigenvalue weighted by atomic mass is 10.2. The van der Waals surface area contributed by atoms with Gasteiger partial charge in [0.25, 0.3) is 0 Å². The van der Waals surface area contributed by atoms with Gasteiger partial charge in [-0.15, -0.1) is 0 Å². The van der Waals surface area contributed by atoms with Crippen molar-refractivity contribution in [3.05, 3.63) is 21.8 Å². The Bertz CT molecular complexity index is 508. The minimum Gasteiger partial charge on any atom is -0.444 e. The van der Waals surface area contributed by atoms with Gasteiger partial charge in [-0.3, -0.25) is 10.1 Å². The predicted molar refractivity (Wildman–Crippen MR) is 84.9 cm³/mol. The number of hydrogen-bond donors (Lipinski definition) is 1. The fourth-order valence-corrected chi connectivity index (χ4v) is 1.92. The second-order valence-electron chi connectivity index (χ2n) is 5.07. The number of carbonyl (C=O) groups excluding carboxylic acids is 2. The molecule has 0 saturated heterocycles. The Balaban J connectivity index is 2.92. The van der Waals surface area contributed by atoms with Crippen LogP contribution >= 0.6 is 22.6 Å². The van der Waals surface area contributed by atoms with Crippen molar-refractivity contribution in [1.29, 1.82) is 0 Å². The summed E-state index contributed by atoms with van der Waals surface area (Å²) in [6, 6.07) is 5.21. The van der Waals surface area contributed by atoms with Gasteiger partial charge in [-0.2, -0.15) is 0 Å². The highest BCUT2D eigenvalue weighted by Gasteiger charge is 2.19. The second-order valence-corrected chi connectivity index (χ2v) is 6.23. The van der Waals surface area contributed by atoms with Crippen LogP contribution in [0.25, 0.3) is 0 Å². The first kappa shape index (κ1) is 16.7. The molecule has 1 N–H and O–H groups in total. The molecule has 0 radical (unpaired) electrons. The van der Waals surface area contributed by atoms with Crippen molar-refractivity contribution in [3.8, 4) is 5.75 Å². The molecule has 0 fully saturated rings. The highest BCUT2D eigenvalue weighted by Crippen LogP contribution is 2.31. The molecule has 20 heavy (non-hydrogen) atoms. The van der Waals surface area contributed by atoms with E-state index in [1.54, 1.807) is 45.9 Å². The van der Waals surface area contributed by atoms with Gasteiger partial charge in [0.1, 0.15) is 5.60 Å². The standard InChI is InChI=1S/C14H18INO4/c1-5-11(17)19-12-9(15)7-6-8-10(12)16-13(18)20-14(2,3)4/h6-8H,5H2,1-4H3,(H,16,18). The molecule has 0 heterocycles. The largest absolute Gasteiger partial charge is 0.444 e. The molecule has 1 aromatic rings. The number of para-hydroxylation sites is 1. The number of carbonyl (C=O) groups is 2. The molecule has 0 aliphatic rings. The van der Waals surface area contributed by atoms with Crippen molar-refractivity contribution < 1.29 is 19.1 Å². The molecule has 0 spiro atoms. The summed E-state index contributed by atoms with van der Waals surface area (Å²) in [5, 5.41) is 2.59. The molecule has 0 atom stereocenters. The maximum absolute atomic E-state index is 11.8. The third-order valence-corrected chi connectivity index (χ3v) is 2.96. The Morgan fingerprint density at radius 1 is 1.30 bits per heavy atom. The Hall–Kier alpha value is -1.31. The summed E-state index contributed by atoms with van der Waals surface area (Å²) in [4.78, 5) is 23.2. The minimum atomic E-state index is -0.591. The van der Waals surface area contributed by atoms with Crippen molar-refractivity contribution in [2.24, 2.45) is 0 Å². The van der Waals surface area contributed by atoms with Gasteiger partial charge in [0.05, 0.1) is 9.26 Å². The van der Waals surface area contributed by atoms with Gasteiger partial charge in [-0.25, -0.2) is 4.79 Å². The molecular weight excluding hydrogens is 373 g/mol. The van der Waals surface area contributed by atoms with Gasteiger partial charge in [0.2, 0.25) is 0 Å². The first-order valence-electron chi connectivity index (χ1n) is 6.22. The third-order valence-electron chi connectivity index (χ3n) is 2.11. The lowest BCUT2D eigenvalue weighted by molar-refractivity contribution is -0.134. The Morgan fingerprint density at radius 3 is 2.50 bits per heavy atom. The van der Waals surface area contributed by atoms with Crippen LogP contribution < -0.4 is 10.1 Å². The van der Waals surface area contributed by atoms with Crippen LogP contribution in [0.5, 0.6) is 5.75 Å². The van der Waals surface area contributed by atoms with E-state index >= 15 is 0 Å². The highest BCUT2D eigenvalue weighted by atomic mass is 127. The molecule has 0 aliphatic carbocycles. The van der Waals surface area contributed by atoms with Gasteiger partial charge < -0.3 is 9.47 Å². The van der Waals surface area contributed by atoms with E-state index in [-0.39, 0.29) is 12.4 Å². The number of hydrogen-bond acceptors (Lipinski definition) is 4. The zero-order valence-electron chi connectivity index (χ0n) is 12.0. The fourth-order valence-electron chi connectivity index (χ4n) is 1.31.